The number of rotatable bonds is 10. The Labute approximate surface area is 172 Å². The summed E-state index contributed by atoms with van der Waals surface area (Å²) in [5.41, 5.74) is 1.08. The van der Waals surface area contributed by atoms with Gasteiger partial charge in [-0.05, 0) is 38.3 Å². The van der Waals surface area contributed by atoms with Gasteiger partial charge in [0, 0.05) is 29.7 Å². The number of pyridine rings is 1. The standard InChI is InChI=1S/C20H24F3N5O2/c1-3-6-14-11-25-26-18(14)30-10-5-7-15-13-28(27-19(15)29-4-2)17-9-8-16(12-24-17)20(21,22)23/h8-9,11-13H,3-7,10H2,1-2H3,(H,25,26). The first-order valence-corrected chi connectivity index (χ1v) is 9.82. The number of ether oxygens (including phenoxy) is 2. The third-order valence-electron chi connectivity index (χ3n) is 4.37. The second-order valence-electron chi connectivity index (χ2n) is 6.66. The van der Waals surface area contributed by atoms with E-state index >= 15 is 0 Å². The lowest BCUT2D eigenvalue weighted by molar-refractivity contribution is -0.137. The molecule has 0 spiro atoms. The van der Waals surface area contributed by atoms with E-state index in [1.165, 1.54) is 10.7 Å². The van der Waals surface area contributed by atoms with Gasteiger partial charge in [0.25, 0.3) is 0 Å². The van der Waals surface area contributed by atoms with E-state index in [0.717, 1.165) is 36.2 Å². The molecule has 3 aromatic rings. The van der Waals surface area contributed by atoms with Crippen LogP contribution in [0, 0.1) is 0 Å². The molecule has 0 aromatic carbocycles. The molecular weight excluding hydrogens is 399 g/mol. The third kappa shape index (κ3) is 5.31. The number of hydrogen-bond donors (Lipinski definition) is 1. The molecule has 3 heterocycles. The Morgan fingerprint density at radius 2 is 1.90 bits per heavy atom. The van der Waals surface area contributed by atoms with Gasteiger partial charge in [-0.25, -0.2) is 9.67 Å². The first kappa shape index (κ1) is 21.7. The SMILES string of the molecule is CCCc1c[nH]nc1OCCCc1cn(-c2ccc(C(F)(F)F)cn2)nc1OCC. The number of halogens is 3. The van der Waals surface area contributed by atoms with Crippen LogP contribution in [0.15, 0.2) is 30.7 Å². The fraction of sp³-hybridized carbons (Fsp3) is 0.450. The lowest BCUT2D eigenvalue weighted by Gasteiger charge is -2.06. The molecule has 0 aliphatic heterocycles. The summed E-state index contributed by atoms with van der Waals surface area (Å²) in [6, 6.07) is 2.26. The molecule has 0 unspecified atom stereocenters. The number of aryl methyl sites for hydroxylation is 2. The van der Waals surface area contributed by atoms with Crippen molar-refractivity contribution in [2.75, 3.05) is 13.2 Å². The predicted molar refractivity (Wildman–Crippen MR) is 104 cm³/mol. The van der Waals surface area contributed by atoms with Crippen LogP contribution >= 0.6 is 0 Å². The fourth-order valence-corrected chi connectivity index (χ4v) is 2.94. The van der Waals surface area contributed by atoms with Crippen molar-refractivity contribution in [3.05, 3.63) is 47.4 Å². The van der Waals surface area contributed by atoms with Crippen LogP contribution in [-0.4, -0.2) is 38.2 Å². The first-order chi connectivity index (χ1) is 14.4. The Morgan fingerprint density at radius 1 is 1.07 bits per heavy atom. The molecule has 7 nitrogen and oxygen atoms in total. The number of aromatic amines is 1. The number of alkyl halides is 3. The molecule has 162 valence electrons. The molecule has 3 rings (SSSR count). The molecular formula is C20H24F3N5O2. The van der Waals surface area contributed by atoms with E-state index in [2.05, 4.69) is 27.2 Å². The molecule has 0 saturated carbocycles. The molecule has 0 saturated heterocycles. The van der Waals surface area contributed by atoms with Crippen LogP contribution in [0.4, 0.5) is 13.2 Å². The van der Waals surface area contributed by atoms with Crippen LogP contribution in [-0.2, 0) is 19.0 Å². The highest BCUT2D eigenvalue weighted by Crippen LogP contribution is 2.29. The van der Waals surface area contributed by atoms with Crippen LogP contribution in [0.3, 0.4) is 0 Å². The molecule has 0 bridgehead atoms. The summed E-state index contributed by atoms with van der Waals surface area (Å²) in [5, 5.41) is 11.3. The Kier molecular flexibility index (Phi) is 6.96. The zero-order valence-corrected chi connectivity index (χ0v) is 16.9. The van der Waals surface area contributed by atoms with Crippen LogP contribution in [0.25, 0.3) is 5.82 Å². The summed E-state index contributed by atoms with van der Waals surface area (Å²) >= 11 is 0. The largest absolute Gasteiger partial charge is 0.477 e. The first-order valence-electron chi connectivity index (χ1n) is 9.82. The van der Waals surface area contributed by atoms with Gasteiger partial charge in [0.1, 0.15) is 0 Å². The van der Waals surface area contributed by atoms with Crippen molar-refractivity contribution >= 4 is 0 Å². The molecule has 0 radical (unpaired) electrons. The van der Waals surface area contributed by atoms with E-state index in [-0.39, 0.29) is 5.82 Å². The Balaban J connectivity index is 1.64. The van der Waals surface area contributed by atoms with Gasteiger partial charge in [-0.3, -0.25) is 5.10 Å². The number of nitrogens with zero attached hydrogens (tertiary/aromatic N) is 4. The van der Waals surface area contributed by atoms with E-state index in [9.17, 15) is 13.2 Å². The zero-order chi connectivity index (χ0) is 21.6. The van der Waals surface area contributed by atoms with Crippen molar-refractivity contribution in [3.8, 4) is 17.6 Å². The van der Waals surface area contributed by atoms with E-state index in [0.29, 0.717) is 37.8 Å². The summed E-state index contributed by atoms with van der Waals surface area (Å²) in [4.78, 5) is 3.88. The van der Waals surface area contributed by atoms with Crippen molar-refractivity contribution in [1.82, 2.24) is 25.0 Å². The number of nitrogens with one attached hydrogen (secondary N) is 1. The van der Waals surface area contributed by atoms with Gasteiger partial charge in [0.05, 0.1) is 18.8 Å². The van der Waals surface area contributed by atoms with Gasteiger partial charge in [-0.2, -0.15) is 13.2 Å². The lowest BCUT2D eigenvalue weighted by atomic mass is 10.2. The Morgan fingerprint density at radius 3 is 2.57 bits per heavy atom. The second-order valence-corrected chi connectivity index (χ2v) is 6.66. The summed E-state index contributed by atoms with van der Waals surface area (Å²) in [7, 11) is 0. The smallest absolute Gasteiger partial charge is 0.417 e. The van der Waals surface area contributed by atoms with Crippen molar-refractivity contribution in [1.29, 1.82) is 0 Å². The lowest BCUT2D eigenvalue weighted by Crippen LogP contribution is -2.07. The second kappa shape index (κ2) is 9.64. The maximum absolute atomic E-state index is 12.7. The summed E-state index contributed by atoms with van der Waals surface area (Å²) < 4.78 is 51.0. The summed E-state index contributed by atoms with van der Waals surface area (Å²) in [6.45, 7) is 4.83. The van der Waals surface area contributed by atoms with Crippen molar-refractivity contribution in [2.45, 2.75) is 45.7 Å². The quantitative estimate of drug-likeness (QED) is 0.490. The fourth-order valence-electron chi connectivity index (χ4n) is 2.94. The van der Waals surface area contributed by atoms with E-state index in [1.54, 1.807) is 6.20 Å². The molecule has 30 heavy (non-hydrogen) atoms. The monoisotopic (exact) mass is 423 g/mol. The van der Waals surface area contributed by atoms with Crippen LogP contribution in [0.5, 0.6) is 11.8 Å². The van der Waals surface area contributed by atoms with Gasteiger partial charge in [-0.1, -0.05) is 13.3 Å². The average Bonchev–Trinajstić information content (AvgIpc) is 3.32. The summed E-state index contributed by atoms with van der Waals surface area (Å²) in [5.74, 6) is 1.34. The van der Waals surface area contributed by atoms with Gasteiger partial charge in [0.15, 0.2) is 5.82 Å². The number of hydrogen-bond acceptors (Lipinski definition) is 5. The summed E-state index contributed by atoms with van der Waals surface area (Å²) in [6.07, 6.45) is 3.15. The van der Waals surface area contributed by atoms with Crippen molar-refractivity contribution in [2.24, 2.45) is 0 Å². The average molecular weight is 423 g/mol. The minimum atomic E-state index is -4.43. The molecule has 0 fully saturated rings. The maximum atomic E-state index is 12.7. The van der Waals surface area contributed by atoms with E-state index in [4.69, 9.17) is 9.47 Å². The third-order valence-corrected chi connectivity index (χ3v) is 4.37. The van der Waals surface area contributed by atoms with Crippen molar-refractivity contribution < 1.29 is 22.6 Å². The molecule has 0 atom stereocenters. The topological polar surface area (TPSA) is 77.9 Å². The van der Waals surface area contributed by atoms with Crippen LogP contribution < -0.4 is 9.47 Å². The Hall–Kier alpha value is -3.04. The van der Waals surface area contributed by atoms with Gasteiger partial charge >= 0.3 is 6.18 Å². The number of aromatic nitrogens is 5. The van der Waals surface area contributed by atoms with Crippen molar-refractivity contribution in [3.63, 3.8) is 0 Å². The normalized spacial score (nSPS) is 11.6. The molecule has 10 heteroatoms. The minimum absolute atomic E-state index is 0.284. The number of H-pyrrole nitrogens is 1. The minimum Gasteiger partial charge on any atom is -0.477 e. The van der Waals surface area contributed by atoms with Crippen LogP contribution in [0.1, 0.15) is 43.4 Å². The highest BCUT2D eigenvalue weighted by atomic mass is 19.4. The van der Waals surface area contributed by atoms with E-state index in [1.807, 2.05) is 13.1 Å². The van der Waals surface area contributed by atoms with Gasteiger partial charge in [0.2, 0.25) is 11.8 Å². The Bertz CT molecular complexity index is 935. The van der Waals surface area contributed by atoms with Crippen LogP contribution in [0.2, 0.25) is 0 Å². The highest BCUT2D eigenvalue weighted by molar-refractivity contribution is 5.31. The van der Waals surface area contributed by atoms with E-state index < -0.39 is 11.7 Å². The molecule has 3 aromatic heterocycles. The molecule has 0 amide bonds. The molecule has 1 N–H and O–H groups in total. The molecule has 0 aliphatic carbocycles. The van der Waals surface area contributed by atoms with Gasteiger partial charge in [-0.15, -0.1) is 10.2 Å². The highest BCUT2D eigenvalue weighted by Gasteiger charge is 2.30. The van der Waals surface area contributed by atoms with Gasteiger partial charge < -0.3 is 9.47 Å². The predicted octanol–water partition coefficient (Wildman–Crippen LogP) is 4.37. The molecule has 0 aliphatic rings. The maximum Gasteiger partial charge on any atom is 0.417 e. The zero-order valence-electron chi connectivity index (χ0n) is 16.9.